The molecule has 1 heterocycles. The SMILES string of the molecule is CCOc1cc(-c2ccc(Cl)cc2)nc(C(C)C)c1C(=O)O.[NaH]. The molecule has 1 aromatic carbocycles. The van der Waals surface area contributed by atoms with Gasteiger partial charge in [-0.3, -0.25) is 4.98 Å². The van der Waals surface area contributed by atoms with E-state index in [9.17, 15) is 9.90 Å². The standard InChI is InChI=1S/C17H18ClNO3.Na.H/c1-4-22-14-9-13(11-5-7-12(18)8-6-11)19-16(10(2)3)15(14)17(20)21;;/h5-10H,4H2,1-3H3,(H,20,21);;. The number of hydrogen-bond acceptors (Lipinski definition) is 3. The first-order valence-corrected chi connectivity index (χ1v) is 7.48. The van der Waals surface area contributed by atoms with E-state index >= 15 is 0 Å². The Morgan fingerprint density at radius 1 is 1.30 bits per heavy atom. The van der Waals surface area contributed by atoms with Gasteiger partial charge in [0.1, 0.15) is 11.3 Å². The summed E-state index contributed by atoms with van der Waals surface area (Å²) in [5, 5.41) is 10.1. The predicted octanol–water partition coefficient (Wildman–Crippen LogP) is 3.97. The molecule has 0 saturated carbocycles. The van der Waals surface area contributed by atoms with E-state index in [1.54, 1.807) is 18.2 Å². The van der Waals surface area contributed by atoms with Crippen molar-refractivity contribution < 1.29 is 14.6 Å². The van der Waals surface area contributed by atoms with Crippen LogP contribution in [0.4, 0.5) is 0 Å². The number of aromatic carboxylic acids is 1. The molecule has 1 N–H and O–H groups in total. The van der Waals surface area contributed by atoms with Crippen molar-refractivity contribution in [2.24, 2.45) is 0 Å². The second kappa shape index (κ2) is 8.69. The molecule has 4 nitrogen and oxygen atoms in total. The van der Waals surface area contributed by atoms with Gasteiger partial charge in [-0.2, -0.15) is 0 Å². The van der Waals surface area contributed by atoms with Crippen LogP contribution in [0.25, 0.3) is 11.3 Å². The Labute approximate surface area is 163 Å². The van der Waals surface area contributed by atoms with Crippen LogP contribution < -0.4 is 4.74 Å². The van der Waals surface area contributed by atoms with E-state index in [1.807, 2.05) is 32.9 Å². The molecule has 2 rings (SSSR count). The van der Waals surface area contributed by atoms with Gasteiger partial charge in [-0.1, -0.05) is 37.6 Å². The molecule has 2 aromatic rings. The Balaban J connectivity index is 0.00000264. The van der Waals surface area contributed by atoms with Gasteiger partial charge in [0.05, 0.1) is 18.0 Å². The van der Waals surface area contributed by atoms with Crippen molar-refractivity contribution in [1.29, 1.82) is 0 Å². The van der Waals surface area contributed by atoms with E-state index < -0.39 is 5.97 Å². The van der Waals surface area contributed by atoms with E-state index in [0.717, 1.165) is 5.56 Å². The van der Waals surface area contributed by atoms with Gasteiger partial charge < -0.3 is 9.84 Å². The summed E-state index contributed by atoms with van der Waals surface area (Å²) in [6.07, 6.45) is 0. The fraction of sp³-hybridized carbons (Fsp3) is 0.294. The Morgan fingerprint density at radius 3 is 2.39 bits per heavy atom. The van der Waals surface area contributed by atoms with E-state index in [0.29, 0.717) is 28.8 Å². The van der Waals surface area contributed by atoms with Crippen LogP contribution in [0.1, 0.15) is 42.7 Å². The van der Waals surface area contributed by atoms with Gasteiger partial charge in [-0.25, -0.2) is 4.79 Å². The van der Waals surface area contributed by atoms with Crippen LogP contribution in [-0.4, -0.2) is 52.2 Å². The van der Waals surface area contributed by atoms with Crippen LogP contribution >= 0.6 is 11.6 Å². The van der Waals surface area contributed by atoms with Crippen LogP contribution in [0.3, 0.4) is 0 Å². The number of halogens is 1. The molecule has 0 amide bonds. The zero-order chi connectivity index (χ0) is 16.3. The zero-order valence-corrected chi connectivity index (χ0v) is 13.5. The number of carbonyl (C=O) groups is 1. The molecule has 1 aromatic heterocycles. The first-order chi connectivity index (χ1) is 10.4. The van der Waals surface area contributed by atoms with Crippen molar-refractivity contribution in [3.63, 3.8) is 0 Å². The molecule has 0 fully saturated rings. The molecule has 6 heteroatoms. The summed E-state index contributed by atoms with van der Waals surface area (Å²) in [4.78, 5) is 16.1. The third kappa shape index (κ3) is 4.70. The minimum absolute atomic E-state index is 0. The van der Waals surface area contributed by atoms with Crippen molar-refractivity contribution in [2.45, 2.75) is 26.7 Å². The quantitative estimate of drug-likeness (QED) is 0.834. The maximum atomic E-state index is 11.6. The summed E-state index contributed by atoms with van der Waals surface area (Å²) >= 11 is 5.91. The Bertz CT molecular complexity index is 687. The number of rotatable bonds is 5. The zero-order valence-electron chi connectivity index (χ0n) is 12.8. The van der Waals surface area contributed by atoms with Gasteiger partial charge in [0.25, 0.3) is 0 Å². The Morgan fingerprint density at radius 2 is 1.91 bits per heavy atom. The van der Waals surface area contributed by atoms with Crippen LogP contribution in [-0.2, 0) is 0 Å². The fourth-order valence-corrected chi connectivity index (χ4v) is 2.34. The van der Waals surface area contributed by atoms with Crippen LogP contribution in [0.5, 0.6) is 5.75 Å². The average molecular weight is 344 g/mol. The predicted molar refractivity (Wildman–Crippen MR) is 94.0 cm³/mol. The van der Waals surface area contributed by atoms with E-state index in [4.69, 9.17) is 16.3 Å². The van der Waals surface area contributed by atoms with E-state index in [2.05, 4.69) is 4.98 Å². The normalized spacial score (nSPS) is 10.3. The van der Waals surface area contributed by atoms with Crippen molar-refractivity contribution in [1.82, 2.24) is 4.98 Å². The summed E-state index contributed by atoms with van der Waals surface area (Å²) in [6, 6.07) is 8.93. The number of benzene rings is 1. The third-order valence-electron chi connectivity index (χ3n) is 3.21. The number of hydrogen-bond donors (Lipinski definition) is 1. The van der Waals surface area contributed by atoms with Crippen molar-refractivity contribution >= 4 is 47.1 Å². The van der Waals surface area contributed by atoms with Gasteiger partial charge in [-0.15, -0.1) is 0 Å². The molecular formula is C17H19ClNNaO3. The topological polar surface area (TPSA) is 59.4 Å². The maximum absolute atomic E-state index is 11.6. The summed E-state index contributed by atoms with van der Waals surface area (Å²) in [7, 11) is 0. The number of carboxylic acids is 1. The number of pyridine rings is 1. The van der Waals surface area contributed by atoms with Crippen LogP contribution in [0.2, 0.25) is 5.02 Å². The Hall–Kier alpha value is -1.07. The molecule has 0 aliphatic carbocycles. The molecule has 0 saturated heterocycles. The molecule has 0 aliphatic rings. The van der Waals surface area contributed by atoms with Gasteiger partial charge in [0.15, 0.2) is 0 Å². The monoisotopic (exact) mass is 343 g/mol. The van der Waals surface area contributed by atoms with Gasteiger partial charge in [0.2, 0.25) is 0 Å². The number of nitrogens with zero attached hydrogens (tertiary/aromatic N) is 1. The first kappa shape index (κ1) is 20.0. The second-order valence-electron chi connectivity index (χ2n) is 5.17. The molecule has 0 aliphatic heterocycles. The van der Waals surface area contributed by atoms with Crippen molar-refractivity contribution in [2.75, 3.05) is 6.61 Å². The summed E-state index contributed by atoms with van der Waals surface area (Å²) < 4.78 is 5.53. The van der Waals surface area contributed by atoms with Gasteiger partial charge in [-0.05, 0) is 25.0 Å². The van der Waals surface area contributed by atoms with Gasteiger partial charge in [0, 0.05) is 16.7 Å². The third-order valence-corrected chi connectivity index (χ3v) is 3.46. The van der Waals surface area contributed by atoms with Crippen molar-refractivity contribution in [3.8, 4) is 17.0 Å². The summed E-state index contributed by atoms with van der Waals surface area (Å²) in [6.45, 7) is 6.04. The van der Waals surface area contributed by atoms with Gasteiger partial charge >= 0.3 is 35.5 Å². The summed E-state index contributed by atoms with van der Waals surface area (Å²) in [5.41, 5.74) is 2.19. The van der Waals surface area contributed by atoms with E-state index in [-0.39, 0.29) is 41.0 Å². The van der Waals surface area contributed by atoms with Crippen LogP contribution in [0, 0.1) is 0 Å². The minimum atomic E-state index is -1.03. The molecule has 0 atom stereocenters. The molecule has 0 radical (unpaired) electrons. The molecular weight excluding hydrogens is 325 g/mol. The summed E-state index contributed by atoms with van der Waals surface area (Å²) in [5.74, 6) is -0.710. The molecule has 23 heavy (non-hydrogen) atoms. The molecule has 0 spiro atoms. The molecule has 0 bridgehead atoms. The van der Waals surface area contributed by atoms with Crippen molar-refractivity contribution in [3.05, 3.63) is 46.6 Å². The average Bonchev–Trinajstić information content (AvgIpc) is 2.47. The molecule has 0 unspecified atom stereocenters. The Kier molecular flexibility index (Phi) is 7.55. The first-order valence-electron chi connectivity index (χ1n) is 7.11. The second-order valence-corrected chi connectivity index (χ2v) is 5.60. The fourth-order valence-electron chi connectivity index (χ4n) is 2.21. The number of carboxylic acid groups (broad SMARTS) is 1. The molecule has 118 valence electrons. The van der Waals surface area contributed by atoms with Crippen LogP contribution in [0.15, 0.2) is 30.3 Å². The number of aromatic nitrogens is 1. The number of ether oxygens (including phenoxy) is 1. The van der Waals surface area contributed by atoms with E-state index in [1.165, 1.54) is 0 Å².